The van der Waals surface area contributed by atoms with E-state index in [1.807, 2.05) is 43.3 Å². The van der Waals surface area contributed by atoms with Crippen LogP contribution in [0, 0.1) is 0 Å². The normalized spacial score (nSPS) is 13.9. The van der Waals surface area contributed by atoms with Gasteiger partial charge in [-0.15, -0.1) is 0 Å². The third kappa shape index (κ3) is 3.21. The smallest absolute Gasteiger partial charge is 0.0828 e. The molecule has 0 aliphatic rings. The van der Waals surface area contributed by atoms with E-state index in [1.54, 1.807) is 12.1 Å². The summed E-state index contributed by atoms with van der Waals surface area (Å²) in [4.78, 5) is 0. The number of aliphatic hydroxyl groups excluding tert-OH is 1. The van der Waals surface area contributed by atoms with E-state index in [1.165, 1.54) is 0 Å². The van der Waals surface area contributed by atoms with Gasteiger partial charge in [0, 0.05) is 5.69 Å². The summed E-state index contributed by atoms with van der Waals surface area (Å²) < 4.78 is 0. The van der Waals surface area contributed by atoms with E-state index < -0.39 is 5.54 Å². The Morgan fingerprint density at radius 2 is 1.74 bits per heavy atom. The molecule has 2 aromatic carbocycles. The molecule has 0 fully saturated rings. The maximum absolute atomic E-state index is 9.72. The maximum Gasteiger partial charge on any atom is 0.0828 e. The Kier molecular flexibility index (Phi) is 4.35. The van der Waals surface area contributed by atoms with Crippen molar-refractivity contribution in [2.75, 3.05) is 11.9 Å². The molecule has 0 aliphatic carbocycles. The monoisotopic (exact) mass is 295 g/mol. The van der Waals surface area contributed by atoms with Gasteiger partial charge in [0.15, 0.2) is 0 Å². The highest BCUT2D eigenvalue weighted by atomic mass is 35.5. The molecule has 0 saturated heterocycles. The van der Waals surface area contributed by atoms with Crippen LogP contribution in [-0.2, 0) is 5.54 Å². The first-order valence-electron chi connectivity index (χ1n) is 5.95. The molecule has 0 aromatic heterocycles. The summed E-state index contributed by atoms with van der Waals surface area (Å²) in [6.07, 6.45) is 0. The third-order valence-corrected chi connectivity index (χ3v) is 3.81. The van der Waals surface area contributed by atoms with Crippen LogP contribution in [0.2, 0.25) is 10.0 Å². The topological polar surface area (TPSA) is 32.3 Å². The number of aliphatic hydroxyl groups is 1. The number of anilines is 1. The molecule has 0 bridgehead atoms. The standard InChI is InChI=1S/C15H15Cl2NO/c1-15(10-19,18-12-5-3-2-4-6-12)11-7-8-13(16)14(17)9-11/h2-9,18-19H,10H2,1H3. The predicted octanol–water partition coefficient (Wildman–Crippen LogP) is 4.31. The van der Waals surface area contributed by atoms with Gasteiger partial charge < -0.3 is 10.4 Å². The van der Waals surface area contributed by atoms with Crippen molar-refractivity contribution in [3.05, 3.63) is 64.1 Å². The number of nitrogens with one attached hydrogen (secondary N) is 1. The molecule has 0 heterocycles. The molecule has 0 spiro atoms. The number of hydrogen-bond donors (Lipinski definition) is 2. The molecule has 0 amide bonds. The molecule has 0 aliphatic heterocycles. The lowest BCUT2D eigenvalue weighted by Gasteiger charge is -2.30. The van der Waals surface area contributed by atoms with Gasteiger partial charge in [0.2, 0.25) is 0 Å². The lowest BCUT2D eigenvalue weighted by Crippen LogP contribution is -2.35. The Morgan fingerprint density at radius 1 is 1.05 bits per heavy atom. The van der Waals surface area contributed by atoms with Crippen LogP contribution in [0.5, 0.6) is 0 Å². The summed E-state index contributed by atoms with van der Waals surface area (Å²) in [5.41, 5.74) is 1.20. The van der Waals surface area contributed by atoms with Gasteiger partial charge >= 0.3 is 0 Å². The SMILES string of the molecule is CC(CO)(Nc1ccccc1)c1ccc(Cl)c(Cl)c1. The van der Waals surface area contributed by atoms with E-state index in [-0.39, 0.29) is 6.61 Å². The van der Waals surface area contributed by atoms with Crippen LogP contribution in [0.3, 0.4) is 0 Å². The number of hydrogen-bond acceptors (Lipinski definition) is 2. The second-order valence-corrected chi connectivity index (χ2v) is 5.42. The summed E-state index contributed by atoms with van der Waals surface area (Å²) in [5.74, 6) is 0. The van der Waals surface area contributed by atoms with Gasteiger partial charge in [-0.2, -0.15) is 0 Å². The van der Waals surface area contributed by atoms with E-state index in [0.717, 1.165) is 11.3 Å². The maximum atomic E-state index is 9.72. The van der Waals surface area contributed by atoms with Crippen LogP contribution in [0.15, 0.2) is 48.5 Å². The van der Waals surface area contributed by atoms with E-state index in [2.05, 4.69) is 5.32 Å². The Bertz CT molecular complexity index is 559. The van der Waals surface area contributed by atoms with Gasteiger partial charge in [0.05, 0.1) is 22.2 Å². The zero-order valence-corrected chi connectivity index (χ0v) is 12.0. The molecule has 0 radical (unpaired) electrons. The Hall–Kier alpha value is -1.22. The lowest BCUT2D eigenvalue weighted by atomic mass is 9.92. The molecular formula is C15H15Cl2NO. The van der Waals surface area contributed by atoms with Gasteiger partial charge in [0.1, 0.15) is 0 Å². The van der Waals surface area contributed by atoms with E-state index in [4.69, 9.17) is 23.2 Å². The highest BCUT2D eigenvalue weighted by molar-refractivity contribution is 6.42. The molecule has 0 saturated carbocycles. The fourth-order valence-corrected chi connectivity index (χ4v) is 2.18. The van der Waals surface area contributed by atoms with Crippen LogP contribution < -0.4 is 5.32 Å². The minimum Gasteiger partial charge on any atom is -0.394 e. The van der Waals surface area contributed by atoms with Crippen LogP contribution in [0.25, 0.3) is 0 Å². The van der Waals surface area contributed by atoms with Crippen molar-refractivity contribution in [2.45, 2.75) is 12.5 Å². The zero-order valence-electron chi connectivity index (χ0n) is 10.5. The molecule has 2 N–H and O–H groups in total. The van der Waals surface area contributed by atoms with Crippen molar-refractivity contribution < 1.29 is 5.11 Å². The van der Waals surface area contributed by atoms with Gasteiger partial charge in [-0.1, -0.05) is 47.5 Å². The third-order valence-electron chi connectivity index (χ3n) is 3.07. The fourth-order valence-electron chi connectivity index (χ4n) is 1.88. The largest absolute Gasteiger partial charge is 0.394 e. The van der Waals surface area contributed by atoms with E-state index >= 15 is 0 Å². The number of halogens is 2. The Morgan fingerprint density at radius 3 is 2.32 bits per heavy atom. The Labute approximate surface area is 123 Å². The molecule has 2 rings (SSSR count). The lowest BCUT2D eigenvalue weighted by molar-refractivity contribution is 0.224. The van der Waals surface area contributed by atoms with E-state index in [0.29, 0.717) is 10.0 Å². The summed E-state index contributed by atoms with van der Waals surface area (Å²) in [6.45, 7) is 1.86. The molecule has 2 aromatic rings. The van der Waals surface area contributed by atoms with Crippen molar-refractivity contribution in [1.29, 1.82) is 0 Å². The van der Waals surface area contributed by atoms with Crippen LogP contribution in [-0.4, -0.2) is 11.7 Å². The van der Waals surface area contributed by atoms with E-state index in [9.17, 15) is 5.11 Å². The first-order chi connectivity index (χ1) is 9.05. The van der Waals surface area contributed by atoms with Gasteiger partial charge in [-0.25, -0.2) is 0 Å². The average molecular weight is 296 g/mol. The minimum absolute atomic E-state index is 0.0557. The average Bonchev–Trinajstić information content (AvgIpc) is 2.43. The first-order valence-corrected chi connectivity index (χ1v) is 6.70. The first kappa shape index (κ1) is 14.2. The molecule has 2 nitrogen and oxygen atoms in total. The molecule has 1 unspecified atom stereocenters. The summed E-state index contributed by atoms with van der Waals surface area (Å²) in [6, 6.07) is 15.1. The van der Waals surface area contributed by atoms with Crippen molar-refractivity contribution in [3.8, 4) is 0 Å². The second-order valence-electron chi connectivity index (χ2n) is 4.61. The fraction of sp³-hybridized carbons (Fsp3) is 0.200. The summed E-state index contributed by atoms with van der Waals surface area (Å²) in [7, 11) is 0. The molecule has 100 valence electrons. The van der Waals surface area contributed by atoms with Crippen molar-refractivity contribution in [2.24, 2.45) is 0 Å². The molecule has 4 heteroatoms. The van der Waals surface area contributed by atoms with Crippen molar-refractivity contribution in [1.82, 2.24) is 0 Å². The van der Waals surface area contributed by atoms with Crippen LogP contribution in [0.4, 0.5) is 5.69 Å². The summed E-state index contributed by atoms with van der Waals surface area (Å²) >= 11 is 12.0. The second kappa shape index (κ2) is 5.83. The number of rotatable bonds is 4. The van der Waals surface area contributed by atoms with Gasteiger partial charge in [-0.05, 0) is 36.8 Å². The molecular weight excluding hydrogens is 281 g/mol. The quantitative estimate of drug-likeness (QED) is 0.881. The summed E-state index contributed by atoms with van der Waals surface area (Å²) in [5, 5.41) is 14.0. The predicted molar refractivity (Wildman–Crippen MR) is 81.0 cm³/mol. The zero-order chi connectivity index (χ0) is 13.9. The van der Waals surface area contributed by atoms with Crippen molar-refractivity contribution >= 4 is 28.9 Å². The molecule has 19 heavy (non-hydrogen) atoms. The Balaban J connectivity index is 2.33. The minimum atomic E-state index is -0.615. The highest BCUT2D eigenvalue weighted by Gasteiger charge is 2.26. The van der Waals surface area contributed by atoms with Crippen LogP contribution >= 0.6 is 23.2 Å². The van der Waals surface area contributed by atoms with Gasteiger partial charge in [-0.3, -0.25) is 0 Å². The van der Waals surface area contributed by atoms with Crippen molar-refractivity contribution in [3.63, 3.8) is 0 Å². The van der Waals surface area contributed by atoms with Crippen LogP contribution in [0.1, 0.15) is 12.5 Å². The number of benzene rings is 2. The highest BCUT2D eigenvalue weighted by Crippen LogP contribution is 2.31. The molecule has 1 atom stereocenters. The number of para-hydroxylation sites is 1. The van der Waals surface area contributed by atoms with Gasteiger partial charge in [0.25, 0.3) is 0 Å².